The van der Waals surface area contributed by atoms with Crippen molar-refractivity contribution in [3.8, 4) is 0 Å². The Balaban J connectivity index is 2.29. The van der Waals surface area contributed by atoms with Crippen molar-refractivity contribution in [2.45, 2.75) is 18.7 Å². The first-order valence-corrected chi connectivity index (χ1v) is 5.54. The first-order chi connectivity index (χ1) is 7.65. The third-order valence-corrected chi connectivity index (χ3v) is 2.54. The molecule has 0 bridgehead atoms. The molecule has 1 heterocycles. The molecule has 1 aromatic heterocycles. The topological polar surface area (TPSA) is 51.5 Å². The number of halogens is 1. The molecule has 5 heteroatoms. The maximum Gasteiger partial charge on any atom is 0.254 e. The van der Waals surface area contributed by atoms with Crippen molar-refractivity contribution in [2.24, 2.45) is 0 Å². The Morgan fingerprint density at radius 2 is 2.44 bits per heavy atom. The van der Waals surface area contributed by atoms with Crippen molar-refractivity contribution in [1.82, 2.24) is 5.32 Å². The zero-order chi connectivity index (χ0) is 12.0. The van der Waals surface area contributed by atoms with E-state index in [-0.39, 0.29) is 11.3 Å². The van der Waals surface area contributed by atoms with Crippen LogP contribution in [-0.2, 0) is 4.74 Å². The molecule has 1 N–H and O–H groups in total. The molecule has 0 aromatic carbocycles. The van der Waals surface area contributed by atoms with Crippen LogP contribution in [0.25, 0.3) is 0 Å². The Morgan fingerprint density at radius 3 is 3.00 bits per heavy atom. The molecule has 0 saturated heterocycles. The van der Waals surface area contributed by atoms with E-state index in [1.807, 2.05) is 0 Å². The molecule has 1 atom stereocenters. The van der Waals surface area contributed by atoms with Crippen LogP contribution in [0.5, 0.6) is 0 Å². The van der Waals surface area contributed by atoms with E-state index < -0.39 is 0 Å². The van der Waals surface area contributed by atoms with Crippen LogP contribution >= 0.6 is 11.6 Å². The van der Waals surface area contributed by atoms with Crippen LogP contribution in [0.2, 0.25) is 0 Å². The highest BCUT2D eigenvalue weighted by atomic mass is 35.5. The van der Waals surface area contributed by atoms with Gasteiger partial charge in [-0.25, -0.2) is 0 Å². The highest BCUT2D eigenvalue weighted by Crippen LogP contribution is 2.08. The number of methoxy groups -OCH3 is 1. The molecule has 1 aromatic rings. The molecule has 1 unspecified atom stereocenters. The molecule has 0 saturated carbocycles. The summed E-state index contributed by atoms with van der Waals surface area (Å²) in [7, 11) is 1.60. The maximum atomic E-state index is 11.6. The van der Waals surface area contributed by atoms with E-state index in [2.05, 4.69) is 5.32 Å². The maximum absolute atomic E-state index is 11.6. The van der Waals surface area contributed by atoms with E-state index in [0.29, 0.717) is 30.9 Å². The van der Waals surface area contributed by atoms with Crippen LogP contribution < -0.4 is 5.32 Å². The minimum Gasteiger partial charge on any atom is -0.469 e. The normalized spacial score (nSPS) is 12.4. The summed E-state index contributed by atoms with van der Waals surface area (Å²) in [4.78, 5) is 11.6. The molecule has 0 aliphatic rings. The number of ether oxygens (including phenoxy) is 1. The summed E-state index contributed by atoms with van der Waals surface area (Å²) >= 11 is 5.93. The predicted molar refractivity (Wildman–Crippen MR) is 61.9 cm³/mol. The van der Waals surface area contributed by atoms with Crippen molar-refractivity contribution in [2.75, 3.05) is 20.3 Å². The first-order valence-electron chi connectivity index (χ1n) is 5.10. The standard InChI is InChI=1S/C11H16ClNO3/c1-8-10(4-6-16-8)11(14)13-5-3-9(12)7-15-2/h4,6,9H,3,5,7H2,1-2H3,(H,13,14). The van der Waals surface area contributed by atoms with Crippen LogP contribution in [0.3, 0.4) is 0 Å². The molecule has 4 nitrogen and oxygen atoms in total. The van der Waals surface area contributed by atoms with Crippen LogP contribution in [0.1, 0.15) is 22.5 Å². The van der Waals surface area contributed by atoms with Crippen LogP contribution in [-0.4, -0.2) is 31.5 Å². The fraction of sp³-hybridized carbons (Fsp3) is 0.545. The van der Waals surface area contributed by atoms with Crippen molar-refractivity contribution >= 4 is 17.5 Å². The second-order valence-electron chi connectivity index (χ2n) is 3.49. The molecular formula is C11H16ClNO3. The predicted octanol–water partition coefficient (Wildman–Crippen LogP) is 1.96. The summed E-state index contributed by atoms with van der Waals surface area (Å²) in [5.41, 5.74) is 0.567. The number of rotatable bonds is 6. The average Bonchev–Trinajstić information content (AvgIpc) is 2.64. The van der Waals surface area contributed by atoms with Gasteiger partial charge in [-0.3, -0.25) is 4.79 Å². The lowest BCUT2D eigenvalue weighted by molar-refractivity contribution is 0.0950. The van der Waals surface area contributed by atoms with Gasteiger partial charge in [0.2, 0.25) is 0 Å². The number of hydrogen-bond donors (Lipinski definition) is 1. The zero-order valence-corrected chi connectivity index (χ0v) is 10.2. The molecule has 16 heavy (non-hydrogen) atoms. The monoisotopic (exact) mass is 245 g/mol. The lowest BCUT2D eigenvalue weighted by atomic mass is 10.2. The molecule has 0 radical (unpaired) electrons. The number of carbonyl (C=O) groups is 1. The van der Waals surface area contributed by atoms with Gasteiger partial charge < -0.3 is 14.5 Å². The number of carbonyl (C=O) groups excluding carboxylic acids is 1. The molecule has 90 valence electrons. The molecule has 1 rings (SSSR count). The minimum absolute atomic E-state index is 0.0734. The van der Waals surface area contributed by atoms with Gasteiger partial charge in [-0.15, -0.1) is 11.6 Å². The van der Waals surface area contributed by atoms with E-state index in [0.717, 1.165) is 0 Å². The van der Waals surface area contributed by atoms with E-state index in [1.165, 1.54) is 6.26 Å². The molecular weight excluding hydrogens is 230 g/mol. The van der Waals surface area contributed by atoms with Gasteiger partial charge in [-0.2, -0.15) is 0 Å². The smallest absolute Gasteiger partial charge is 0.254 e. The van der Waals surface area contributed by atoms with Gasteiger partial charge in [0.05, 0.1) is 23.8 Å². The number of nitrogens with one attached hydrogen (secondary N) is 1. The number of amides is 1. The van der Waals surface area contributed by atoms with E-state index in [4.69, 9.17) is 20.8 Å². The van der Waals surface area contributed by atoms with Crippen LogP contribution in [0.15, 0.2) is 16.7 Å². The summed E-state index contributed by atoms with van der Waals surface area (Å²) < 4.78 is 9.94. The Labute approximate surface area is 99.9 Å². The van der Waals surface area contributed by atoms with Crippen molar-refractivity contribution < 1.29 is 13.9 Å². The quantitative estimate of drug-likeness (QED) is 0.780. The third-order valence-electron chi connectivity index (χ3n) is 2.19. The fourth-order valence-electron chi connectivity index (χ4n) is 1.32. The summed E-state index contributed by atoms with van der Waals surface area (Å²) in [5, 5.41) is 2.70. The van der Waals surface area contributed by atoms with Gasteiger partial charge in [0.15, 0.2) is 0 Å². The molecule has 1 amide bonds. The lowest BCUT2D eigenvalue weighted by Gasteiger charge is -2.08. The van der Waals surface area contributed by atoms with Gasteiger partial charge >= 0.3 is 0 Å². The van der Waals surface area contributed by atoms with Crippen LogP contribution in [0.4, 0.5) is 0 Å². The number of hydrogen-bond acceptors (Lipinski definition) is 3. The van der Waals surface area contributed by atoms with Gasteiger partial charge in [-0.05, 0) is 19.4 Å². The Bertz CT molecular complexity index is 338. The number of alkyl halides is 1. The summed E-state index contributed by atoms with van der Waals surface area (Å²) in [6.45, 7) is 2.77. The van der Waals surface area contributed by atoms with Crippen molar-refractivity contribution in [3.05, 3.63) is 23.7 Å². The van der Waals surface area contributed by atoms with E-state index in [1.54, 1.807) is 20.1 Å². The minimum atomic E-state index is -0.132. The SMILES string of the molecule is COCC(Cl)CCNC(=O)c1ccoc1C. The third kappa shape index (κ3) is 3.87. The summed E-state index contributed by atoms with van der Waals surface area (Å²) in [5.74, 6) is 0.490. The van der Waals surface area contributed by atoms with Gasteiger partial charge in [0, 0.05) is 13.7 Å². The molecule has 0 aliphatic carbocycles. The van der Waals surface area contributed by atoms with Gasteiger partial charge in [0.25, 0.3) is 5.91 Å². The Hall–Kier alpha value is -1.00. The Morgan fingerprint density at radius 1 is 1.69 bits per heavy atom. The van der Waals surface area contributed by atoms with Crippen molar-refractivity contribution in [1.29, 1.82) is 0 Å². The van der Waals surface area contributed by atoms with Crippen LogP contribution in [0, 0.1) is 6.92 Å². The molecule has 0 fully saturated rings. The van der Waals surface area contributed by atoms with Crippen molar-refractivity contribution in [3.63, 3.8) is 0 Å². The second kappa shape index (κ2) is 6.55. The van der Waals surface area contributed by atoms with Gasteiger partial charge in [0.1, 0.15) is 5.76 Å². The van der Waals surface area contributed by atoms with E-state index in [9.17, 15) is 4.79 Å². The largest absolute Gasteiger partial charge is 0.469 e. The Kier molecular flexibility index (Phi) is 5.35. The first kappa shape index (κ1) is 13.1. The zero-order valence-electron chi connectivity index (χ0n) is 9.46. The summed E-state index contributed by atoms with van der Waals surface area (Å²) in [6, 6.07) is 1.65. The highest BCUT2D eigenvalue weighted by molar-refractivity contribution is 6.20. The molecule has 0 aliphatic heterocycles. The highest BCUT2D eigenvalue weighted by Gasteiger charge is 2.11. The number of furan rings is 1. The number of aryl methyl sites for hydroxylation is 1. The van der Waals surface area contributed by atoms with Gasteiger partial charge in [-0.1, -0.05) is 0 Å². The lowest BCUT2D eigenvalue weighted by Crippen LogP contribution is -2.27. The fourth-order valence-corrected chi connectivity index (χ4v) is 1.56. The second-order valence-corrected chi connectivity index (χ2v) is 4.10. The van der Waals surface area contributed by atoms with E-state index >= 15 is 0 Å². The average molecular weight is 246 g/mol. The summed E-state index contributed by atoms with van der Waals surface area (Å²) in [6.07, 6.45) is 2.18. The molecule has 0 spiro atoms.